The summed E-state index contributed by atoms with van der Waals surface area (Å²) >= 11 is 0. The lowest BCUT2D eigenvalue weighted by atomic mass is 9.97. The van der Waals surface area contributed by atoms with E-state index in [0.717, 1.165) is 41.7 Å². The van der Waals surface area contributed by atoms with Crippen molar-refractivity contribution in [2.45, 2.75) is 55.6 Å². The second kappa shape index (κ2) is 12.1. The van der Waals surface area contributed by atoms with Crippen molar-refractivity contribution in [2.24, 2.45) is 0 Å². The minimum atomic E-state index is -3.92. The van der Waals surface area contributed by atoms with E-state index in [2.05, 4.69) is 33.1 Å². The lowest BCUT2D eigenvalue weighted by Gasteiger charge is -2.29. The van der Waals surface area contributed by atoms with Gasteiger partial charge in [0.15, 0.2) is 0 Å². The molecule has 0 radical (unpaired) electrons. The maximum atomic E-state index is 13.4. The number of likely N-dealkylation sites (tertiary alicyclic amines) is 1. The van der Waals surface area contributed by atoms with E-state index < -0.39 is 16.1 Å². The number of rotatable bonds is 9. The van der Waals surface area contributed by atoms with Crippen LogP contribution in [0.4, 0.5) is 0 Å². The van der Waals surface area contributed by atoms with Crippen LogP contribution in [0.3, 0.4) is 0 Å². The average molecular weight is 574 g/mol. The van der Waals surface area contributed by atoms with Gasteiger partial charge in [0.2, 0.25) is 15.9 Å². The van der Waals surface area contributed by atoms with Gasteiger partial charge in [-0.2, -0.15) is 0 Å². The van der Waals surface area contributed by atoms with Gasteiger partial charge in [-0.25, -0.2) is 13.1 Å². The number of carbonyl (C=O) groups is 1. The topological polar surface area (TPSA) is 101 Å². The normalized spacial score (nSPS) is 18.4. The van der Waals surface area contributed by atoms with Crippen molar-refractivity contribution in [3.8, 4) is 5.75 Å². The first kappa shape index (κ1) is 27.5. The molecule has 8 nitrogen and oxygen atoms in total. The molecule has 0 spiro atoms. The molecule has 2 aliphatic heterocycles. The van der Waals surface area contributed by atoms with E-state index in [9.17, 15) is 13.2 Å². The molecule has 3 heterocycles. The van der Waals surface area contributed by atoms with Crippen molar-refractivity contribution < 1.29 is 22.4 Å². The summed E-state index contributed by atoms with van der Waals surface area (Å²) < 4.78 is 40.7. The SMILES string of the molecule is O=C(CC(NS(=O)(=O)c1ccc2ccccc2c1)c1ccoc1)NC1CCOc2cc(CN3CCCCC3)ccc21. The predicted molar refractivity (Wildman–Crippen MR) is 157 cm³/mol. The second-order valence-electron chi connectivity index (χ2n) is 10.9. The molecule has 4 aromatic rings. The van der Waals surface area contributed by atoms with Gasteiger partial charge in [-0.1, -0.05) is 48.9 Å². The number of carbonyl (C=O) groups excluding carboxylic acids is 1. The summed E-state index contributed by atoms with van der Waals surface area (Å²) in [5, 5.41) is 4.90. The summed E-state index contributed by atoms with van der Waals surface area (Å²) in [4.78, 5) is 15.9. The first-order valence-electron chi connectivity index (χ1n) is 14.3. The minimum absolute atomic E-state index is 0.0773. The predicted octanol–water partition coefficient (Wildman–Crippen LogP) is 5.47. The number of furan rings is 1. The fourth-order valence-electron chi connectivity index (χ4n) is 5.79. The van der Waals surface area contributed by atoms with E-state index in [1.165, 1.54) is 37.4 Å². The van der Waals surface area contributed by atoms with Gasteiger partial charge in [0.05, 0.1) is 36.1 Å². The van der Waals surface area contributed by atoms with E-state index in [-0.39, 0.29) is 23.3 Å². The summed E-state index contributed by atoms with van der Waals surface area (Å²) in [6.45, 7) is 3.65. The molecule has 2 unspecified atom stereocenters. The standard InChI is InChI=1S/C32H35N3O5S/c36-32(33-29-13-17-40-31-18-23(8-11-28(29)31)21-35-14-4-1-5-15-35)20-30(26-12-16-39-22-26)34-41(37,38)27-10-9-24-6-2-3-7-25(24)19-27/h2-3,6-12,16,18-19,22,29-30,34H,1,4-5,13-15,17,20-21H2,(H,33,36). The molecule has 2 atom stereocenters. The highest BCUT2D eigenvalue weighted by Gasteiger charge is 2.28. The summed E-state index contributed by atoms with van der Waals surface area (Å²) in [6.07, 6.45) is 7.30. The molecule has 9 heteroatoms. The number of nitrogens with zero attached hydrogens (tertiary/aromatic N) is 1. The van der Waals surface area contributed by atoms with Crippen LogP contribution in [0.25, 0.3) is 10.8 Å². The number of hydrogen-bond acceptors (Lipinski definition) is 6. The molecule has 41 heavy (non-hydrogen) atoms. The van der Waals surface area contributed by atoms with Crippen molar-refractivity contribution in [2.75, 3.05) is 19.7 Å². The Morgan fingerprint density at radius 2 is 1.80 bits per heavy atom. The Hall–Kier alpha value is -3.66. The van der Waals surface area contributed by atoms with Crippen LogP contribution in [-0.2, 0) is 21.4 Å². The van der Waals surface area contributed by atoms with Crippen LogP contribution in [0.5, 0.6) is 5.75 Å². The lowest BCUT2D eigenvalue weighted by molar-refractivity contribution is -0.122. The second-order valence-corrected chi connectivity index (χ2v) is 12.6. The minimum Gasteiger partial charge on any atom is -0.493 e. The van der Waals surface area contributed by atoms with Crippen molar-refractivity contribution in [1.82, 2.24) is 14.9 Å². The number of piperidine rings is 1. The third-order valence-corrected chi connectivity index (χ3v) is 9.44. The average Bonchev–Trinajstić information content (AvgIpc) is 3.52. The Kier molecular flexibility index (Phi) is 8.09. The fourth-order valence-corrected chi connectivity index (χ4v) is 7.05. The molecule has 1 aromatic heterocycles. The highest BCUT2D eigenvalue weighted by Crippen LogP contribution is 2.34. The summed E-state index contributed by atoms with van der Waals surface area (Å²) in [5.74, 6) is 0.548. The molecule has 1 amide bonds. The highest BCUT2D eigenvalue weighted by molar-refractivity contribution is 7.89. The molecule has 1 fully saturated rings. The number of amides is 1. The molecule has 0 bridgehead atoms. The molecule has 1 saturated heterocycles. The van der Waals surface area contributed by atoms with Crippen LogP contribution in [0.1, 0.15) is 60.9 Å². The quantitative estimate of drug-likeness (QED) is 0.276. The number of sulfonamides is 1. The number of hydrogen-bond donors (Lipinski definition) is 2. The van der Waals surface area contributed by atoms with Gasteiger partial charge in [-0.05, 0) is 66.5 Å². The van der Waals surface area contributed by atoms with Crippen LogP contribution in [-0.4, -0.2) is 38.9 Å². The van der Waals surface area contributed by atoms with E-state index in [1.807, 2.05) is 24.3 Å². The molecule has 0 aliphatic carbocycles. The van der Waals surface area contributed by atoms with Gasteiger partial charge >= 0.3 is 0 Å². The maximum absolute atomic E-state index is 13.4. The van der Waals surface area contributed by atoms with Crippen LogP contribution in [0, 0.1) is 0 Å². The van der Waals surface area contributed by atoms with Gasteiger partial charge in [-0.15, -0.1) is 0 Å². The fraction of sp³-hybridized carbons (Fsp3) is 0.344. The van der Waals surface area contributed by atoms with Crippen molar-refractivity contribution >= 4 is 26.7 Å². The largest absolute Gasteiger partial charge is 0.493 e. The molecule has 214 valence electrons. The van der Waals surface area contributed by atoms with Crippen LogP contribution in [0.15, 0.2) is 88.6 Å². The highest BCUT2D eigenvalue weighted by atomic mass is 32.2. The monoisotopic (exact) mass is 573 g/mol. The molecule has 2 N–H and O–H groups in total. The number of benzene rings is 3. The molecule has 0 saturated carbocycles. The lowest BCUT2D eigenvalue weighted by Crippen LogP contribution is -2.36. The Morgan fingerprint density at radius 3 is 2.61 bits per heavy atom. The smallest absolute Gasteiger partial charge is 0.241 e. The zero-order valence-corrected chi connectivity index (χ0v) is 23.7. The Morgan fingerprint density at radius 1 is 0.976 bits per heavy atom. The van der Waals surface area contributed by atoms with Gasteiger partial charge in [-0.3, -0.25) is 9.69 Å². The molecular formula is C32H35N3O5S. The van der Waals surface area contributed by atoms with E-state index in [4.69, 9.17) is 9.15 Å². The summed E-state index contributed by atoms with van der Waals surface area (Å²) in [6, 6.07) is 19.5. The van der Waals surface area contributed by atoms with Crippen molar-refractivity contribution in [3.63, 3.8) is 0 Å². The number of ether oxygens (including phenoxy) is 1. The van der Waals surface area contributed by atoms with Gasteiger partial charge in [0.1, 0.15) is 5.75 Å². The van der Waals surface area contributed by atoms with Crippen LogP contribution >= 0.6 is 0 Å². The van der Waals surface area contributed by atoms with Gasteiger partial charge < -0.3 is 14.5 Å². The maximum Gasteiger partial charge on any atom is 0.241 e. The Bertz CT molecular complexity index is 1610. The van der Waals surface area contributed by atoms with E-state index in [1.54, 1.807) is 24.3 Å². The molecule has 6 rings (SSSR count). The first-order valence-corrected chi connectivity index (χ1v) is 15.7. The molecular weight excluding hydrogens is 538 g/mol. The van der Waals surface area contributed by atoms with Crippen molar-refractivity contribution in [1.29, 1.82) is 0 Å². The molecule has 3 aromatic carbocycles. The zero-order valence-electron chi connectivity index (χ0n) is 22.9. The van der Waals surface area contributed by atoms with Gasteiger partial charge in [0.25, 0.3) is 0 Å². The number of fused-ring (bicyclic) bond motifs is 2. The third-order valence-electron chi connectivity index (χ3n) is 7.97. The van der Waals surface area contributed by atoms with Crippen LogP contribution in [0.2, 0.25) is 0 Å². The first-order chi connectivity index (χ1) is 19.9. The van der Waals surface area contributed by atoms with E-state index >= 15 is 0 Å². The Labute approximate surface area is 240 Å². The van der Waals surface area contributed by atoms with Gasteiger partial charge in [0, 0.05) is 30.5 Å². The summed E-state index contributed by atoms with van der Waals surface area (Å²) in [7, 11) is -3.92. The van der Waals surface area contributed by atoms with Crippen molar-refractivity contribution in [3.05, 3.63) is 95.9 Å². The molecule has 2 aliphatic rings. The summed E-state index contributed by atoms with van der Waals surface area (Å²) in [5.41, 5.74) is 2.74. The Balaban J connectivity index is 1.15. The third kappa shape index (κ3) is 6.48. The van der Waals surface area contributed by atoms with E-state index in [0.29, 0.717) is 18.6 Å². The number of nitrogens with one attached hydrogen (secondary N) is 2. The zero-order chi connectivity index (χ0) is 28.2. The van der Waals surface area contributed by atoms with Crippen LogP contribution < -0.4 is 14.8 Å².